The van der Waals surface area contributed by atoms with Gasteiger partial charge in [-0.2, -0.15) is 0 Å². The largest absolute Gasteiger partial charge is 0.348 e. The molecule has 1 saturated heterocycles. The highest BCUT2D eigenvalue weighted by molar-refractivity contribution is 7.13. The van der Waals surface area contributed by atoms with Crippen LogP contribution in [-0.2, 0) is 11.2 Å². The first kappa shape index (κ1) is 8.69. The molecule has 70 valence electrons. The molecule has 3 nitrogen and oxygen atoms in total. The normalized spacial score (nSPS) is 16.5. The van der Waals surface area contributed by atoms with Gasteiger partial charge in [-0.15, -0.1) is 11.3 Å². The van der Waals surface area contributed by atoms with Crippen LogP contribution in [0.4, 0.5) is 5.13 Å². The van der Waals surface area contributed by atoms with Crippen molar-refractivity contribution in [2.45, 2.75) is 19.3 Å². The molecule has 1 aromatic rings. The third kappa shape index (κ3) is 1.88. The lowest BCUT2D eigenvalue weighted by Gasteiger charge is -2.11. The summed E-state index contributed by atoms with van der Waals surface area (Å²) in [6, 6.07) is 0. The van der Waals surface area contributed by atoms with Gasteiger partial charge in [0.2, 0.25) is 0 Å². The van der Waals surface area contributed by atoms with E-state index in [0.29, 0.717) is 6.42 Å². The first-order valence-electron chi connectivity index (χ1n) is 4.53. The van der Waals surface area contributed by atoms with Gasteiger partial charge in [0.15, 0.2) is 5.13 Å². The van der Waals surface area contributed by atoms with E-state index in [-0.39, 0.29) is 0 Å². The molecule has 0 N–H and O–H groups in total. The monoisotopic (exact) mass is 196 g/mol. The lowest BCUT2D eigenvalue weighted by atomic mass is 10.4. The van der Waals surface area contributed by atoms with Gasteiger partial charge in [0.05, 0.1) is 5.69 Å². The van der Waals surface area contributed by atoms with Crippen LogP contribution < -0.4 is 4.90 Å². The second-order valence-corrected chi connectivity index (χ2v) is 4.02. The van der Waals surface area contributed by atoms with E-state index in [1.165, 1.54) is 12.8 Å². The SMILES string of the molecule is O=CCc1csc(N2CCCC2)n1. The molecule has 1 fully saturated rings. The quantitative estimate of drug-likeness (QED) is 0.687. The summed E-state index contributed by atoms with van der Waals surface area (Å²) in [6.45, 7) is 2.24. The van der Waals surface area contributed by atoms with Gasteiger partial charge in [-0.3, -0.25) is 0 Å². The number of aromatic nitrogens is 1. The second kappa shape index (κ2) is 3.87. The number of anilines is 1. The molecule has 0 radical (unpaired) electrons. The molecule has 1 aromatic heterocycles. The molecule has 0 amide bonds. The van der Waals surface area contributed by atoms with Crippen molar-refractivity contribution in [3.05, 3.63) is 11.1 Å². The van der Waals surface area contributed by atoms with Crippen molar-refractivity contribution >= 4 is 22.8 Å². The number of carbonyl (C=O) groups is 1. The minimum Gasteiger partial charge on any atom is -0.348 e. The smallest absolute Gasteiger partial charge is 0.185 e. The number of rotatable bonds is 3. The Kier molecular flexibility index (Phi) is 2.59. The Balaban J connectivity index is 2.07. The zero-order valence-corrected chi connectivity index (χ0v) is 8.22. The minimum absolute atomic E-state index is 0.449. The number of carbonyl (C=O) groups excluding carboxylic acids is 1. The average molecular weight is 196 g/mol. The lowest BCUT2D eigenvalue weighted by Crippen LogP contribution is -2.17. The van der Waals surface area contributed by atoms with E-state index < -0.39 is 0 Å². The van der Waals surface area contributed by atoms with E-state index in [1.807, 2.05) is 5.38 Å². The molecule has 2 heterocycles. The van der Waals surface area contributed by atoms with Crippen molar-refractivity contribution in [2.24, 2.45) is 0 Å². The molecule has 0 saturated carbocycles. The maximum atomic E-state index is 10.3. The standard InChI is InChI=1S/C9H12N2OS/c12-6-3-8-7-13-9(10-8)11-4-1-2-5-11/h6-7H,1-5H2. The van der Waals surface area contributed by atoms with Crippen LogP contribution in [-0.4, -0.2) is 24.4 Å². The molecular weight excluding hydrogens is 184 g/mol. The summed E-state index contributed by atoms with van der Waals surface area (Å²) in [5, 5.41) is 3.05. The third-order valence-corrected chi connectivity index (χ3v) is 3.16. The van der Waals surface area contributed by atoms with E-state index in [2.05, 4.69) is 9.88 Å². The summed E-state index contributed by atoms with van der Waals surface area (Å²) in [4.78, 5) is 16.9. The van der Waals surface area contributed by atoms with Crippen molar-refractivity contribution in [3.63, 3.8) is 0 Å². The Morgan fingerprint density at radius 1 is 1.54 bits per heavy atom. The fraction of sp³-hybridized carbons (Fsp3) is 0.556. The highest BCUT2D eigenvalue weighted by Gasteiger charge is 2.15. The van der Waals surface area contributed by atoms with Crippen molar-refractivity contribution in [3.8, 4) is 0 Å². The molecule has 0 unspecified atom stereocenters. The molecule has 1 aliphatic rings. The second-order valence-electron chi connectivity index (χ2n) is 3.19. The van der Waals surface area contributed by atoms with Crippen molar-refractivity contribution in [1.29, 1.82) is 0 Å². The van der Waals surface area contributed by atoms with Crippen molar-refractivity contribution in [1.82, 2.24) is 4.98 Å². The average Bonchev–Trinajstić information content (AvgIpc) is 2.70. The summed E-state index contributed by atoms with van der Waals surface area (Å²) in [5.41, 5.74) is 0.905. The Morgan fingerprint density at radius 3 is 3.00 bits per heavy atom. The molecule has 1 aliphatic heterocycles. The summed E-state index contributed by atoms with van der Waals surface area (Å²) >= 11 is 1.64. The molecule has 0 atom stereocenters. The lowest BCUT2D eigenvalue weighted by molar-refractivity contribution is -0.107. The van der Waals surface area contributed by atoms with Crippen molar-refractivity contribution < 1.29 is 4.79 Å². The first-order chi connectivity index (χ1) is 6.40. The molecule has 13 heavy (non-hydrogen) atoms. The number of nitrogens with zero attached hydrogens (tertiary/aromatic N) is 2. The van der Waals surface area contributed by atoms with Gasteiger partial charge in [-0.1, -0.05) is 0 Å². The van der Waals surface area contributed by atoms with Gasteiger partial charge in [-0.25, -0.2) is 4.98 Å². The highest BCUT2D eigenvalue weighted by atomic mass is 32.1. The molecule has 0 aromatic carbocycles. The van der Waals surface area contributed by atoms with Crippen LogP contribution in [0.1, 0.15) is 18.5 Å². The maximum absolute atomic E-state index is 10.3. The molecule has 0 spiro atoms. The Bertz CT molecular complexity index is 292. The summed E-state index contributed by atoms with van der Waals surface area (Å²) in [7, 11) is 0. The number of aldehydes is 1. The number of thiazole rings is 1. The number of hydrogen-bond donors (Lipinski definition) is 0. The van der Waals surface area contributed by atoms with Gasteiger partial charge in [0.1, 0.15) is 6.29 Å². The predicted octanol–water partition coefficient (Wildman–Crippen LogP) is 1.48. The van der Waals surface area contributed by atoms with Gasteiger partial charge in [0.25, 0.3) is 0 Å². The van der Waals surface area contributed by atoms with E-state index >= 15 is 0 Å². The van der Waals surface area contributed by atoms with Gasteiger partial charge in [0, 0.05) is 24.9 Å². The predicted molar refractivity (Wildman–Crippen MR) is 53.3 cm³/mol. The molecule has 0 aliphatic carbocycles. The maximum Gasteiger partial charge on any atom is 0.185 e. The van der Waals surface area contributed by atoms with Crippen LogP contribution in [0, 0.1) is 0 Å². The van der Waals surface area contributed by atoms with E-state index in [1.54, 1.807) is 11.3 Å². The van der Waals surface area contributed by atoms with Crippen LogP contribution in [0.3, 0.4) is 0 Å². The van der Waals surface area contributed by atoms with Crippen LogP contribution >= 0.6 is 11.3 Å². The van der Waals surface area contributed by atoms with Gasteiger partial charge >= 0.3 is 0 Å². The van der Waals surface area contributed by atoms with Crippen molar-refractivity contribution in [2.75, 3.05) is 18.0 Å². The Labute approximate surface area is 81.4 Å². The van der Waals surface area contributed by atoms with Gasteiger partial charge < -0.3 is 9.69 Å². The minimum atomic E-state index is 0.449. The first-order valence-corrected chi connectivity index (χ1v) is 5.41. The molecule has 0 bridgehead atoms. The van der Waals surface area contributed by atoms with Gasteiger partial charge in [-0.05, 0) is 12.8 Å². The highest BCUT2D eigenvalue weighted by Crippen LogP contribution is 2.24. The summed E-state index contributed by atoms with van der Waals surface area (Å²) in [5.74, 6) is 0. The molecule has 4 heteroatoms. The van der Waals surface area contributed by atoms with E-state index in [9.17, 15) is 4.79 Å². The summed E-state index contributed by atoms with van der Waals surface area (Å²) < 4.78 is 0. The fourth-order valence-electron chi connectivity index (χ4n) is 1.53. The van der Waals surface area contributed by atoms with E-state index in [4.69, 9.17) is 0 Å². The Morgan fingerprint density at radius 2 is 2.31 bits per heavy atom. The number of hydrogen-bond acceptors (Lipinski definition) is 4. The fourth-order valence-corrected chi connectivity index (χ4v) is 2.42. The molecule has 2 rings (SSSR count). The van der Waals surface area contributed by atoms with Crippen LogP contribution in [0.25, 0.3) is 0 Å². The zero-order chi connectivity index (χ0) is 9.10. The Hall–Kier alpha value is -0.900. The van der Waals surface area contributed by atoms with Crippen LogP contribution in [0.15, 0.2) is 5.38 Å². The third-order valence-electron chi connectivity index (χ3n) is 2.21. The van der Waals surface area contributed by atoms with Crippen LogP contribution in [0.2, 0.25) is 0 Å². The van der Waals surface area contributed by atoms with Crippen LogP contribution in [0.5, 0.6) is 0 Å². The summed E-state index contributed by atoms with van der Waals surface area (Å²) in [6.07, 6.45) is 3.89. The topological polar surface area (TPSA) is 33.2 Å². The zero-order valence-electron chi connectivity index (χ0n) is 7.40. The molecular formula is C9H12N2OS. The van der Waals surface area contributed by atoms with E-state index in [0.717, 1.165) is 30.2 Å².